The summed E-state index contributed by atoms with van der Waals surface area (Å²) in [5.74, 6) is -0.460. The van der Waals surface area contributed by atoms with Crippen LogP contribution in [0.2, 0.25) is 0 Å². The number of ether oxygens (including phenoxy) is 1. The molecule has 4 N–H and O–H groups in total. The van der Waals surface area contributed by atoms with E-state index < -0.39 is 24.2 Å². The van der Waals surface area contributed by atoms with E-state index in [-0.39, 0.29) is 23.6 Å². The number of rotatable bonds is 11. The van der Waals surface area contributed by atoms with E-state index in [1.54, 1.807) is 28.1 Å². The SMILES string of the molecule is CC(=O)NC(C(=O)N1CCC[C@H]1C(=O)Nc1ccc(-c2cn3cc(NC=O)nc3s2)cc1)c1ccccc1.COC(=O)NC(C(=O)N1CCCC1)c1ccccc1. The monoisotopic (exact) mass is 792 g/mol. The Hall–Kier alpha value is -6.55. The van der Waals surface area contributed by atoms with E-state index in [0.29, 0.717) is 42.9 Å². The summed E-state index contributed by atoms with van der Waals surface area (Å²) in [4.78, 5) is 82.4. The van der Waals surface area contributed by atoms with Gasteiger partial charge in [-0.15, -0.1) is 0 Å². The van der Waals surface area contributed by atoms with Crippen LogP contribution in [-0.4, -0.2) is 88.1 Å². The number of anilines is 2. The number of hydrogen-bond donors (Lipinski definition) is 4. The highest BCUT2D eigenvalue weighted by Crippen LogP contribution is 2.31. The van der Waals surface area contributed by atoms with E-state index in [1.165, 1.54) is 25.4 Å². The lowest BCUT2D eigenvalue weighted by Gasteiger charge is -2.28. The predicted octanol–water partition coefficient (Wildman–Crippen LogP) is 5.14. The van der Waals surface area contributed by atoms with Crippen molar-refractivity contribution in [3.63, 3.8) is 0 Å². The lowest BCUT2D eigenvalue weighted by Crippen LogP contribution is -2.48. The highest BCUT2D eigenvalue weighted by atomic mass is 32.1. The van der Waals surface area contributed by atoms with Gasteiger partial charge in [-0.25, -0.2) is 9.78 Å². The van der Waals surface area contributed by atoms with Gasteiger partial charge in [0.1, 0.15) is 18.1 Å². The molecule has 2 aliphatic heterocycles. The second kappa shape index (κ2) is 18.9. The molecular weight excluding hydrogens is 749 g/mol. The first-order chi connectivity index (χ1) is 27.6. The minimum absolute atomic E-state index is 0.0749. The van der Waals surface area contributed by atoms with Gasteiger partial charge in [0.15, 0.2) is 10.8 Å². The molecule has 3 atom stereocenters. The zero-order chi connectivity index (χ0) is 40.3. The van der Waals surface area contributed by atoms with Gasteiger partial charge in [-0.1, -0.05) is 84.1 Å². The lowest BCUT2D eigenvalue weighted by molar-refractivity contribution is -0.140. The molecule has 0 aliphatic carbocycles. The van der Waals surface area contributed by atoms with Gasteiger partial charge in [0.2, 0.25) is 30.0 Å². The van der Waals surface area contributed by atoms with Gasteiger partial charge in [-0.3, -0.25) is 28.4 Å². The van der Waals surface area contributed by atoms with Crippen molar-refractivity contribution >= 4 is 63.9 Å². The molecule has 16 heteroatoms. The third-order valence-electron chi connectivity index (χ3n) is 9.61. The van der Waals surface area contributed by atoms with Crippen molar-refractivity contribution in [2.24, 2.45) is 0 Å². The fourth-order valence-corrected chi connectivity index (χ4v) is 7.81. The molecular formula is C41H44N8O7S. The normalized spacial score (nSPS) is 15.8. The highest BCUT2D eigenvalue weighted by molar-refractivity contribution is 7.20. The summed E-state index contributed by atoms with van der Waals surface area (Å²) in [6.45, 7) is 3.33. The number of amides is 6. The molecule has 0 saturated carbocycles. The maximum atomic E-state index is 13.5. The van der Waals surface area contributed by atoms with Gasteiger partial charge in [0.25, 0.3) is 0 Å². The molecule has 2 aliphatic rings. The molecule has 7 rings (SSSR count). The molecule has 0 bridgehead atoms. The highest BCUT2D eigenvalue weighted by Gasteiger charge is 2.38. The van der Waals surface area contributed by atoms with E-state index in [0.717, 1.165) is 46.9 Å². The molecule has 2 fully saturated rings. The van der Waals surface area contributed by atoms with Crippen molar-refractivity contribution in [2.75, 3.05) is 37.4 Å². The van der Waals surface area contributed by atoms with Crippen LogP contribution < -0.4 is 21.3 Å². The molecule has 0 radical (unpaired) electrons. The third-order valence-corrected chi connectivity index (χ3v) is 10.7. The molecule has 6 amide bonds. The number of nitrogens with zero attached hydrogens (tertiary/aromatic N) is 4. The number of hydrogen-bond acceptors (Lipinski definition) is 9. The second-order valence-corrected chi connectivity index (χ2v) is 14.5. The summed E-state index contributed by atoms with van der Waals surface area (Å²) in [7, 11) is 1.29. The number of imidazole rings is 1. The number of methoxy groups -OCH3 is 1. The molecule has 5 aromatic rings. The Kier molecular flexibility index (Phi) is 13.3. The van der Waals surface area contributed by atoms with Crippen LogP contribution in [0.1, 0.15) is 55.8 Å². The minimum atomic E-state index is -0.849. The van der Waals surface area contributed by atoms with E-state index >= 15 is 0 Å². The van der Waals surface area contributed by atoms with E-state index in [4.69, 9.17) is 0 Å². The van der Waals surface area contributed by atoms with Gasteiger partial charge in [-0.2, -0.15) is 0 Å². The number of likely N-dealkylation sites (tertiary alicyclic amines) is 2. The number of alkyl carbamates (subject to hydrolysis) is 1. The summed E-state index contributed by atoms with van der Waals surface area (Å²) in [5, 5.41) is 10.8. The van der Waals surface area contributed by atoms with Crippen molar-refractivity contribution in [1.82, 2.24) is 29.8 Å². The lowest BCUT2D eigenvalue weighted by atomic mass is 10.0. The topological polar surface area (TPSA) is 184 Å². The Morgan fingerprint density at radius 2 is 1.44 bits per heavy atom. The van der Waals surface area contributed by atoms with E-state index in [1.807, 2.05) is 83.4 Å². The van der Waals surface area contributed by atoms with Crippen LogP contribution in [0, 0.1) is 0 Å². The zero-order valence-electron chi connectivity index (χ0n) is 31.6. The van der Waals surface area contributed by atoms with Crippen molar-refractivity contribution in [3.05, 3.63) is 108 Å². The predicted molar refractivity (Wildman–Crippen MR) is 215 cm³/mol. The first-order valence-electron chi connectivity index (χ1n) is 18.6. The fourth-order valence-electron chi connectivity index (χ4n) is 6.84. The quantitative estimate of drug-likeness (QED) is 0.133. The summed E-state index contributed by atoms with van der Waals surface area (Å²) in [6.07, 6.45) is 6.95. The Balaban J connectivity index is 0.000000242. The van der Waals surface area contributed by atoms with Gasteiger partial charge < -0.3 is 35.8 Å². The van der Waals surface area contributed by atoms with Crippen LogP contribution in [-0.2, 0) is 28.7 Å². The summed E-state index contributed by atoms with van der Waals surface area (Å²) in [6, 6.07) is 23.6. The third kappa shape index (κ3) is 10.0. The average molecular weight is 793 g/mol. The number of fused-ring (bicyclic) bond motifs is 1. The number of nitrogens with one attached hydrogen (secondary N) is 4. The van der Waals surface area contributed by atoms with Gasteiger partial charge in [0.05, 0.1) is 18.2 Å². The fraction of sp³-hybridized carbons (Fsp3) is 0.293. The molecule has 4 heterocycles. The number of benzene rings is 3. The standard InChI is InChI=1S/C27H26N6O4S.C14H18N2O3/c1-17(35)29-24(19-6-3-2-4-7-19)26(37)33-13-5-8-21(33)25(36)30-20-11-9-18(10-12-20)22-14-32-15-23(28-16-34)31-27(32)38-22;1-19-14(18)15-12(11-7-3-2-4-8-11)13(17)16-9-5-6-10-16/h2-4,6-7,9-12,14-16,21,24H,5,8,13H2,1H3,(H,28,34)(H,29,35)(H,30,36);2-4,7-8,12H,5-6,9-10H2,1H3,(H,15,18)/t21-,24?;/m0./s1. The summed E-state index contributed by atoms with van der Waals surface area (Å²) >= 11 is 1.48. The zero-order valence-corrected chi connectivity index (χ0v) is 32.4. The summed E-state index contributed by atoms with van der Waals surface area (Å²) in [5.41, 5.74) is 3.02. The van der Waals surface area contributed by atoms with Crippen molar-refractivity contribution in [1.29, 1.82) is 0 Å². The van der Waals surface area contributed by atoms with Gasteiger partial charge >= 0.3 is 6.09 Å². The van der Waals surface area contributed by atoms with Crippen LogP contribution in [0.3, 0.4) is 0 Å². The Bertz CT molecular complexity index is 2160. The molecule has 296 valence electrons. The van der Waals surface area contributed by atoms with Crippen LogP contribution in [0.5, 0.6) is 0 Å². The number of thiazole rings is 1. The maximum Gasteiger partial charge on any atom is 0.407 e. The van der Waals surface area contributed by atoms with Gasteiger partial charge in [0, 0.05) is 38.4 Å². The van der Waals surface area contributed by atoms with Crippen LogP contribution in [0.15, 0.2) is 97.3 Å². The first-order valence-corrected chi connectivity index (χ1v) is 19.4. The number of carbonyl (C=O) groups excluding carboxylic acids is 6. The first kappa shape index (κ1) is 40.1. The molecule has 3 aromatic carbocycles. The summed E-state index contributed by atoms with van der Waals surface area (Å²) < 4.78 is 6.44. The molecule has 0 spiro atoms. The van der Waals surface area contributed by atoms with Gasteiger partial charge in [-0.05, 0) is 54.5 Å². The largest absolute Gasteiger partial charge is 0.453 e. The Morgan fingerprint density at radius 3 is 2.02 bits per heavy atom. The van der Waals surface area contributed by atoms with Crippen LogP contribution in [0.4, 0.5) is 16.3 Å². The smallest absolute Gasteiger partial charge is 0.407 e. The minimum Gasteiger partial charge on any atom is -0.453 e. The average Bonchev–Trinajstić information content (AvgIpc) is 4.06. The maximum absolute atomic E-state index is 13.5. The Morgan fingerprint density at radius 1 is 0.807 bits per heavy atom. The van der Waals surface area contributed by atoms with Crippen LogP contribution >= 0.6 is 11.3 Å². The van der Waals surface area contributed by atoms with Crippen LogP contribution in [0.25, 0.3) is 15.4 Å². The van der Waals surface area contributed by atoms with E-state index in [9.17, 15) is 28.8 Å². The Labute approximate surface area is 333 Å². The van der Waals surface area contributed by atoms with E-state index in [2.05, 4.69) is 31.0 Å². The van der Waals surface area contributed by atoms with Crippen molar-refractivity contribution in [3.8, 4) is 10.4 Å². The number of carbonyl (C=O) groups is 6. The molecule has 57 heavy (non-hydrogen) atoms. The molecule has 2 aromatic heterocycles. The van der Waals surface area contributed by atoms with Crippen molar-refractivity contribution in [2.45, 2.75) is 50.7 Å². The number of aromatic nitrogens is 2. The molecule has 15 nitrogen and oxygen atoms in total. The molecule has 2 saturated heterocycles. The van der Waals surface area contributed by atoms with Crippen molar-refractivity contribution < 1.29 is 33.5 Å². The molecule has 2 unspecified atom stereocenters. The second-order valence-electron chi connectivity index (χ2n) is 13.5.